The summed E-state index contributed by atoms with van der Waals surface area (Å²) in [4.78, 5) is 28.9. The number of amides is 1. The molecule has 2 rings (SSSR count). The smallest absolute Gasteiger partial charge is 0.266 e. The topological polar surface area (TPSA) is 59.5 Å². The molecule has 1 aromatic heterocycles. The van der Waals surface area contributed by atoms with Gasteiger partial charge in [0.15, 0.2) is 17.5 Å². The number of Topliss-reactive ketones (excluding diaryl/α,β-unsaturated/α-hetero) is 1. The van der Waals surface area contributed by atoms with Gasteiger partial charge in [0.2, 0.25) is 0 Å². The summed E-state index contributed by atoms with van der Waals surface area (Å²) in [5.74, 6) is 0.369. The molecule has 0 aliphatic rings. The van der Waals surface area contributed by atoms with E-state index in [1.165, 1.54) is 23.2 Å². The maximum Gasteiger partial charge on any atom is 0.266 e. The number of ether oxygens (including phenoxy) is 1. The molecular weight excluding hydrogens is 288 g/mol. The van der Waals surface area contributed by atoms with Crippen molar-refractivity contribution < 1.29 is 14.3 Å². The van der Waals surface area contributed by atoms with Crippen LogP contribution in [0.3, 0.4) is 0 Å². The van der Waals surface area contributed by atoms with E-state index in [0.29, 0.717) is 16.4 Å². The van der Waals surface area contributed by atoms with E-state index in [-0.39, 0.29) is 18.3 Å². The number of hydrogen-bond acceptors (Lipinski definition) is 5. The van der Waals surface area contributed by atoms with E-state index in [1.54, 1.807) is 31.3 Å². The Kier molecular flexibility index (Phi) is 4.70. The predicted octanol–water partition coefficient (Wildman–Crippen LogP) is 2.70. The molecule has 0 unspecified atom stereocenters. The van der Waals surface area contributed by atoms with Gasteiger partial charge in [0.25, 0.3) is 5.91 Å². The van der Waals surface area contributed by atoms with Crippen LogP contribution < -0.4 is 9.64 Å². The summed E-state index contributed by atoms with van der Waals surface area (Å²) in [6, 6.07) is 6.71. The number of carbonyl (C=O) groups is 2. The van der Waals surface area contributed by atoms with E-state index in [9.17, 15) is 9.59 Å². The van der Waals surface area contributed by atoms with Crippen LogP contribution in [0.25, 0.3) is 0 Å². The Morgan fingerprint density at radius 3 is 2.48 bits per heavy atom. The first-order chi connectivity index (χ1) is 9.97. The van der Waals surface area contributed by atoms with Gasteiger partial charge in [-0.15, -0.1) is 11.3 Å². The first-order valence-corrected chi connectivity index (χ1v) is 7.28. The first-order valence-electron chi connectivity index (χ1n) is 6.40. The molecule has 0 spiro atoms. The fourth-order valence-electron chi connectivity index (χ4n) is 1.63. The van der Waals surface area contributed by atoms with Crippen LogP contribution in [-0.2, 0) is 4.79 Å². The van der Waals surface area contributed by atoms with Crippen molar-refractivity contribution in [1.29, 1.82) is 0 Å². The van der Waals surface area contributed by atoms with Gasteiger partial charge in [-0.2, -0.15) is 0 Å². The number of nitrogens with zero attached hydrogens (tertiary/aromatic N) is 2. The standard InChI is InChI=1S/C15H16N2O3S/c1-10-9-21-15(16-10)17(3)14(19)8-20-13-6-4-12(5-7-13)11(2)18/h4-7,9H,8H2,1-3H3. The molecular formula is C15H16N2O3S. The summed E-state index contributed by atoms with van der Waals surface area (Å²) < 4.78 is 5.43. The first kappa shape index (κ1) is 15.2. The Bertz CT molecular complexity index is 649. The van der Waals surface area contributed by atoms with Crippen LogP contribution in [0.1, 0.15) is 23.0 Å². The SMILES string of the molecule is CC(=O)c1ccc(OCC(=O)N(C)c2nc(C)cs2)cc1. The molecule has 6 heteroatoms. The summed E-state index contributed by atoms with van der Waals surface area (Å²) in [6.07, 6.45) is 0. The lowest BCUT2D eigenvalue weighted by Gasteiger charge is -2.14. The Morgan fingerprint density at radius 1 is 1.29 bits per heavy atom. The van der Waals surface area contributed by atoms with E-state index < -0.39 is 0 Å². The monoisotopic (exact) mass is 304 g/mol. The van der Waals surface area contributed by atoms with Crippen molar-refractivity contribution in [3.05, 3.63) is 40.9 Å². The zero-order valence-corrected chi connectivity index (χ0v) is 12.9. The van der Waals surface area contributed by atoms with Gasteiger partial charge in [-0.1, -0.05) is 0 Å². The third-order valence-corrected chi connectivity index (χ3v) is 3.93. The molecule has 0 radical (unpaired) electrons. The van der Waals surface area contributed by atoms with Crippen molar-refractivity contribution >= 4 is 28.2 Å². The zero-order valence-electron chi connectivity index (χ0n) is 12.1. The molecule has 0 aliphatic heterocycles. The average molecular weight is 304 g/mol. The number of carbonyl (C=O) groups excluding carboxylic acids is 2. The summed E-state index contributed by atoms with van der Waals surface area (Å²) >= 11 is 1.41. The third-order valence-electron chi connectivity index (χ3n) is 2.89. The molecule has 0 saturated carbocycles. The summed E-state index contributed by atoms with van der Waals surface area (Å²) in [5.41, 5.74) is 1.50. The van der Waals surface area contributed by atoms with Crippen molar-refractivity contribution in [3.8, 4) is 5.75 Å². The molecule has 0 N–H and O–H groups in total. The van der Waals surface area contributed by atoms with Crippen molar-refractivity contribution in [2.45, 2.75) is 13.8 Å². The number of anilines is 1. The molecule has 0 atom stereocenters. The largest absolute Gasteiger partial charge is 0.484 e. The minimum absolute atomic E-state index is 0.00324. The molecule has 0 bridgehead atoms. The van der Waals surface area contributed by atoms with Crippen molar-refractivity contribution in [2.75, 3.05) is 18.6 Å². The van der Waals surface area contributed by atoms with Crippen molar-refractivity contribution in [1.82, 2.24) is 4.98 Å². The Morgan fingerprint density at radius 2 is 1.95 bits per heavy atom. The molecule has 5 nitrogen and oxygen atoms in total. The second-order valence-corrected chi connectivity index (χ2v) is 5.43. The molecule has 1 aromatic carbocycles. The van der Waals surface area contributed by atoms with Crippen LogP contribution >= 0.6 is 11.3 Å². The number of hydrogen-bond donors (Lipinski definition) is 0. The van der Waals surface area contributed by atoms with Crippen LogP contribution in [0.15, 0.2) is 29.6 Å². The second kappa shape index (κ2) is 6.49. The second-order valence-electron chi connectivity index (χ2n) is 4.59. The van der Waals surface area contributed by atoms with Crippen LogP contribution in [0.2, 0.25) is 0 Å². The van der Waals surface area contributed by atoms with Gasteiger partial charge in [-0.05, 0) is 38.1 Å². The van der Waals surface area contributed by atoms with Gasteiger partial charge in [-0.3, -0.25) is 14.5 Å². The van der Waals surface area contributed by atoms with E-state index in [4.69, 9.17) is 4.74 Å². The lowest BCUT2D eigenvalue weighted by molar-refractivity contribution is -0.120. The fourth-order valence-corrected chi connectivity index (χ4v) is 2.42. The minimum atomic E-state index is -0.181. The van der Waals surface area contributed by atoms with Gasteiger partial charge in [-0.25, -0.2) is 4.98 Å². The molecule has 21 heavy (non-hydrogen) atoms. The predicted molar refractivity (Wildman–Crippen MR) is 82.2 cm³/mol. The highest BCUT2D eigenvalue weighted by molar-refractivity contribution is 7.14. The van der Waals surface area contributed by atoms with Crippen LogP contribution in [-0.4, -0.2) is 30.3 Å². The fraction of sp³-hybridized carbons (Fsp3) is 0.267. The molecule has 1 heterocycles. The number of benzene rings is 1. The lowest BCUT2D eigenvalue weighted by Crippen LogP contribution is -2.31. The average Bonchev–Trinajstić information content (AvgIpc) is 2.91. The number of thiazole rings is 1. The molecule has 0 saturated heterocycles. The van der Waals surface area contributed by atoms with Crippen molar-refractivity contribution in [2.24, 2.45) is 0 Å². The Labute approximate surface area is 127 Å². The Hall–Kier alpha value is -2.21. The van der Waals surface area contributed by atoms with Crippen LogP contribution in [0.4, 0.5) is 5.13 Å². The number of ketones is 1. The number of likely N-dealkylation sites (N-methyl/N-ethyl adjacent to an activating group) is 1. The highest BCUT2D eigenvalue weighted by atomic mass is 32.1. The zero-order chi connectivity index (χ0) is 15.4. The van der Waals surface area contributed by atoms with Gasteiger partial charge < -0.3 is 4.74 Å². The highest BCUT2D eigenvalue weighted by Gasteiger charge is 2.14. The van der Waals surface area contributed by atoms with Gasteiger partial charge in [0.1, 0.15) is 5.75 Å². The van der Waals surface area contributed by atoms with E-state index >= 15 is 0 Å². The molecule has 0 fully saturated rings. The van der Waals surface area contributed by atoms with Gasteiger partial charge in [0.05, 0.1) is 5.69 Å². The summed E-state index contributed by atoms with van der Waals surface area (Å²) in [7, 11) is 1.67. The molecule has 0 aliphatic carbocycles. The molecule has 2 aromatic rings. The normalized spacial score (nSPS) is 10.2. The Balaban J connectivity index is 1.93. The van der Waals surface area contributed by atoms with E-state index in [2.05, 4.69) is 4.98 Å². The number of aromatic nitrogens is 1. The van der Waals surface area contributed by atoms with Crippen LogP contribution in [0.5, 0.6) is 5.75 Å². The molecule has 110 valence electrons. The number of rotatable bonds is 5. The molecule has 1 amide bonds. The van der Waals surface area contributed by atoms with Gasteiger partial charge in [0, 0.05) is 18.0 Å². The summed E-state index contributed by atoms with van der Waals surface area (Å²) in [6.45, 7) is 3.31. The maximum absolute atomic E-state index is 12.0. The number of aryl methyl sites for hydroxylation is 1. The van der Waals surface area contributed by atoms with Crippen molar-refractivity contribution in [3.63, 3.8) is 0 Å². The highest BCUT2D eigenvalue weighted by Crippen LogP contribution is 2.19. The van der Waals surface area contributed by atoms with Crippen LogP contribution in [0, 0.1) is 6.92 Å². The maximum atomic E-state index is 12.0. The lowest BCUT2D eigenvalue weighted by atomic mass is 10.1. The van der Waals surface area contributed by atoms with E-state index in [0.717, 1.165) is 5.69 Å². The third kappa shape index (κ3) is 3.88. The minimum Gasteiger partial charge on any atom is -0.484 e. The van der Waals surface area contributed by atoms with E-state index in [1.807, 2.05) is 12.3 Å². The quantitative estimate of drug-likeness (QED) is 0.797. The summed E-state index contributed by atoms with van der Waals surface area (Å²) in [5, 5.41) is 2.54. The van der Waals surface area contributed by atoms with Gasteiger partial charge >= 0.3 is 0 Å².